The van der Waals surface area contributed by atoms with Gasteiger partial charge >= 0.3 is 0 Å². The van der Waals surface area contributed by atoms with Crippen molar-refractivity contribution >= 4 is 0 Å². The zero-order valence-electron chi connectivity index (χ0n) is 11.7. The molecule has 2 rings (SSSR count). The normalized spacial score (nSPS) is 12.6. The molecular formula is C14H21N5. The third-order valence-electron chi connectivity index (χ3n) is 3.32. The molecule has 2 heterocycles. The summed E-state index contributed by atoms with van der Waals surface area (Å²) in [5, 5.41) is 0. The molecule has 3 N–H and O–H groups in total. The van der Waals surface area contributed by atoms with Crippen LogP contribution < -0.4 is 11.3 Å². The number of hydrogen-bond acceptors (Lipinski definition) is 4. The number of rotatable bonds is 5. The molecule has 2 aromatic rings. The first-order chi connectivity index (χ1) is 9.15. The molecule has 0 fully saturated rings. The Labute approximate surface area is 113 Å². The average molecular weight is 259 g/mol. The van der Waals surface area contributed by atoms with E-state index in [1.165, 1.54) is 0 Å². The largest absolute Gasteiger partial charge is 0.335 e. The van der Waals surface area contributed by atoms with Crippen molar-refractivity contribution in [1.82, 2.24) is 20.0 Å². The summed E-state index contributed by atoms with van der Waals surface area (Å²) >= 11 is 0. The number of imidazole rings is 1. The first kappa shape index (κ1) is 13.7. The van der Waals surface area contributed by atoms with Crippen LogP contribution in [0.3, 0.4) is 0 Å². The monoisotopic (exact) mass is 259 g/mol. The molecule has 2 aromatic heterocycles. The van der Waals surface area contributed by atoms with E-state index in [-0.39, 0.29) is 6.04 Å². The van der Waals surface area contributed by atoms with E-state index in [0.717, 1.165) is 35.6 Å². The molecule has 19 heavy (non-hydrogen) atoms. The average Bonchev–Trinajstić information content (AvgIpc) is 2.84. The molecule has 0 aliphatic rings. The van der Waals surface area contributed by atoms with Crippen molar-refractivity contribution < 1.29 is 0 Å². The van der Waals surface area contributed by atoms with Crippen molar-refractivity contribution in [2.45, 2.75) is 39.8 Å². The molecule has 0 saturated carbocycles. The van der Waals surface area contributed by atoms with Gasteiger partial charge in [0.05, 0.1) is 11.7 Å². The fraction of sp³-hybridized carbons (Fsp3) is 0.429. The van der Waals surface area contributed by atoms with E-state index in [4.69, 9.17) is 5.84 Å². The van der Waals surface area contributed by atoms with Gasteiger partial charge in [-0.2, -0.15) is 0 Å². The Balaban J connectivity index is 2.25. The van der Waals surface area contributed by atoms with Crippen molar-refractivity contribution in [2.24, 2.45) is 5.84 Å². The van der Waals surface area contributed by atoms with Gasteiger partial charge in [0.1, 0.15) is 5.82 Å². The highest BCUT2D eigenvalue weighted by Crippen LogP contribution is 2.19. The second-order valence-corrected chi connectivity index (χ2v) is 4.77. The predicted molar refractivity (Wildman–Crippen MR) is 75.4 cm³/mol. The van der Waals surface area contributed by atoms with Crippen LogP contribution in [0.4, 0.5) is 0 Å². The second-order valence-electron chi connectivity index (χ2n) is 4.77. The van der Waals surface area contributed by atoms with Crippen LogP contribution in [0.2, 0.25) is 0 Å². The molecule has 0 aliphatic heterocycles. The van der Waals surface area contributed by atoms with Crippen molar-refractivity contribution in [3.63, 3.8) is 0 Å². The summed E-state index contributed by atoms with van der Waals surface area (Å²) in [7, 11) is 0. The summed E-state index contributed by atoms with van der Waals surface area (Å²) in [6, 6.07) is 2.10. The summed E-state index contributed by atoms with van der Waals surface area (Å²) in [5.41, 5.74) is 6.15. The molecule has 0 bridgehead atoms. The maximum Gasteiger partial charge on any atom is 0.110 e. The summed E-state index contributed by atoms with van der Waals surface area (Å²) in [6.45, 7) is 7.11. The summed E-state index contributed by atoms with van der Waals surface area (Å²) in [5.74, 6) is 6.71. The zero-order valence-corrected chi connectivity index (χ0v) is 11.7. The molecule has 0 spiro atoms. The van der Waals surface area contributed by atoms with Crippen LogP contribution in [0.25, 0.3) is 0 Å². The maximum atomic E-state index is 5.69. The molecule has 0 aromatic carbocycles. The van der Waals surface area contributed by atoms with Gasteiger partial charge in [-0.15, -0.1) is 0 Å². The smallest absolute Gasteiger partial charge is 0.110 e. The van der Waals surface area contributed by atoms with E-state index in [2.05, 4.69) is 39.9 Å². The Hall–Kier alpha value is -1.72. The minimum Gasteiger partial charge on any atom is -0.335 e. The highest BCUT2D eigenvalue weighted by Gasteiger charge is 2.17. The predicted octanol–water partition coefficient (Wildman–Crippen LogP) is 1.66. The summed E-state index contributed by atoms with van der Waals surface area (Å²) in [6.07, 6.45) is 6.41. The molecule has 1 unspecified atom stereocenters. The van der Waals surface area contributed by atoms with E-state index in [1.807, 2.05) is 25.5 Å². The second kappa shape index (κ2) is 5.95. The third kappa shape index (κ3) is 3.00. The minimum atomic E-state index is -0.0201. The van der Waals surface area contributed by atoms with Crippen LogP contribution in [0.5, 0.6) is 0 Å². The number of nitrogens with two attached hydrogens (primary N) is 1. The van der Waals surface area contributed by atoms with Crippen LogP contribution in [0.15, 0.2) is 24.7 Å². The standard InChI is InChI=1S/C14H21N5/c1-4-19-6-5-16-13(19)8-12(18-15)14-11(3)7-10(2)9-17-14/h5-7,9,12,18H,4,8,15H2,1-3H3. The maximum absolute atomic E-state index is 5.69. The van der Waals surface area contributed by atoms with Crippen LogP contribution in [0, 0.1) is 13.8 Å². The lowest BCUT2D eigenvalue weighted by Gasteiger charge is -2.18. The minimum absolute atomic E-state index is 0.0201. The van der Waals surface area contributed by atoms with E-state index < -0.39 is 0 Å². The summed E-state index contributed by atoms with van der Waals surface area (Å²) < 4.78 is 2.12. The lowest BCUT2D eigenvalue weighted by molar-refractivity contribution is 0.509. The van der Waals surface area contributed by atoms with Crippen molar-refractivity contribution in [2.75, 3.05) is 0 Å². The van der Waals surface area contributed by atoms with Gasteiger partial charge in [0.2, 0.25) is 0 Å². The third-order valence-corrected chi connectivity index (χ3v) is 3.32. The Kier molecular flexibility index (Phi) is 4.29. The van der Waals surface area contributed by atoms with E-state index in [1.54, 1.807) is 0 Å². The molecule has 0 aliphatic carbocycles. The number of pyridine rings is 1. The van der Waals surface area contributed by atoms with Gasteiger partial charge in [-0.25, -0.2) is 4.98 Å². The van der Waals surface area contributed by atoms with Gasteiger partial charge in [0, 0.05) is 31.6 Å². The Morgan fingerprint density at radius 2 is 2.16 bits per heavy atom. The molecule has 0 saturated heterocycles. The quantitative estimate of drug-likeness (QED) is 0.633. The number of hydrogen-bond donors (Lipinski definition) is 2. The van der Waals surface area contributed by atoms with Crippen molar-refractivity contribution in [3.05, 3.63) is 47.3 Å². The van der Waals surface area contributed by atoms with Gasteiger partial charge < -0.3 is 4.57 Å². The van der Waals surface area contributed by atoms with Crippen molar-refractivity contribution in [1.29, 1.82) is 0 Å². The summed E-state index contributed by atoms with van der Waals surface area (Å²) in [4.78, 5) is 8.89. The van der Waals surface area contributed by atoms with E-state index >= 15 is 0 Å². The molecular weight excluding hydrogens is 238 g/mol. The van der Waals surface area contributed by atoms with E-state index in [0.29, 0.717) is 0 Å². The number of aryl methyl sites for hydroxylation is 3. The van der Waals surface area contributed by atoms with Gasteiger partial charge in [-0.1, -0.05) is 6.07 Å². The van der Waals surface area contributed by atoms with Crippen LogP contribution in [-0.4, -0.2) is 14.5 Å². The lowest BCUT2D eigenvalue weighted by atomic mass is 10.0. The molecule has 5 heteroatoms. The highest BCUT2D eigenvalue weighted by atomic mass is 15.2. The lowest BCUT2D eigenvalue weighted by Crippen LogP contribution is -2.31. The number of aromatic nitrogens is 3. The first-order valence-electron chi connectivity index (χ1n) is 6.55. The van der Waals surface area contributed by atoms with Gasteiger partial charge in [-0.3, -0.25) is 16.3 Å². The van der Waals surface area contributed by atoms with E-state index in [9.17, 15) is 0 Å². The van der Waals surface area contributed by atoms with Crippen LogP contribution >= 0.6 is 0 Å². The van der Waals surface area contributed by atoms with Crippen LogP contribution in [0.1, 0.15) is 35.6 Å². The topological polar surface area (TPSA) is 68.8 Å². The molecule has 1 atom stereocenters. The Bertz CT molecular complexity index is 547. The fourth-order valence-corrected chi connectivity index (χ4v) is 2.33. The molecule has 5 nitrogen and oxygen atoms in total. The number of nitrogens with one attached hydrogen (secondary N) is 1. The van der Waals surface area contributed by atoms with Gasteiger partial charge in [-0.05, 0) is 31.9 Å². The highest BCUT2D eigenvalue weighted by molar-refractivity contribution is 5.26. The zero-order chi connectivity index (χ0) is 13.8. The van der Waals surface area contributed by atoms with Crippen molar-refractivity contribution in [3.8, 4) is 0 Å². The number of nitrogens with zero attached hydrogens (tertiary/aromatic N) is 3. The van der Waals surface area contributed by atoms with Crippen LogP contribution in [-0.2, 0) is 13.0 Å². The number of hydrazine groups is 1. The molecule has 0 radical (unpaired) electrons. The van der Waals surface area contributed by atoms with Gasteiger partial charge in [0.15, 0.2) is 0 Å². The van der Waals surface area contributed by atoms with Gasteiger partial charge in [0.25, 0.3) is 0 Å². The SMILES string of the molecule is CCn1ccnc1CC(NN)c1ncc(C)cc1C. The molecule has 102 valence electrons. The molecule has 0 amide bonds. The first-order valence-corrected chi connectivity index (χ1v) is 6.55. The fourth-order valence-electron chi connectivity index (χ4n) is 2.33. The Morgan fingerprint density at radius 3 is 2.79 bits per heavy atom. The Morgan fingerprint density at radius 1 is 1.37 bits per heavy atom.